The summed E-state index contributed by atoms with van der Waals surface area (Å²) in [6.45, 7) is 3.81. The SMILES string of the molecule is O=C(O)CCCCCNC(=O)c1ccc(N2CCOCC2)cc1. The Morgan fingerprint density at radius 2 is 1.78 bits per heavy atom. The van der Waals surface area contributed by atoms with E-state index < -0.39 is 5.97 Å². The summed E-state index contributed by atoms with van der Waals surface area (Å²) in [5, 5.41) is 11.4. The Kier molecular flexibility index (Phi) is 6.87. The molecule has 0 unspecified atom stereocenters. The lowest BCUT2D eigenvalue weighted by molar-refractivity contribution is -0.137. The molecule has 6 nitrogen and oxygen atoms in total. The molecule has 2 rings (SSSR count). The first-order valence-corrected chi connectivity index (χ1v) is 8.09. The molecule has 0 aliphatic carbocycles. The van der Waals surface area contributed by atoms with E-state index in [-0.39, 0.29) is 12.3 Å². The van der Waals surface area contributed by atoms with Crippen LogP contribution in [0.1, 0.15) is 36.0 Å². The zero-order valence-electron chi connectivity index (χ0n) is 13.3. The summed E-state index contributed by atoms with van der Waals surface area (Å²) in [4.78, 5) is 24.7. The number of nitrogens with zero attached hydrogens (tertiary/aromatic N) is 1. The van der Waals surface area contributed by atoms with Gasteiger partial charge in [0.2, 0.25) is 0 Å². The van der Waals surface area contributed by atoms with Crippen molar-refractivity contribution in [3.8, 4) is 0 Å². The molecule has 1 amide bonds. The fraction of sp³-hybridized carbons (Fsp3) is 0.529. The summed E-state index contributed by atoms with van der Waals surface area (Å²) in [7, 11) is 0. The van der Waals surface area contributed by atoms with E-state index >= 15 is 0 Å². The van der Waals surface area contributed by atoms with Gasteiger partial charge in [0.05, 0.1) is 13.2 Å². The number of amides is 1. The quantitative estimate of drug-likeness (QED) is 0.715. The number of ether oxygens (including phenoxy) is 1. The van der Waals surface area contributed by atoms with E-state index in [0.29, 0.717) is 18.5 Å². The summed E-state index contributed by atoms with van der Waals surface area (Å²) in [5.74, 6) is -0.855. The van der Waals surface area contributed by atoms with Crippen LogP contribution in [0.4, 0.5) is 5.69 Å². The van der Waals surface area contributed by atoms with E-state index in [1.165, 1.54) is 0 Å². The highest BCUT2D eigenvalue weighted by Crippen LogP contribution is 2.16. The molecule has 6 heteroatoms. The first-order valence-electron chi connectivity index (χ1n) is 8.09. The zero-order chi connectivity index (χ0) is 16.5. The van der Waals surface area contributed by atoms with Gasteiger partial charge in [0.1, 0.15) is 0 Å². The number of nitrogens with one attached hydrogen (secondary N) is 1. The third-order valence-corrected chi connectivity index (χ3v) is 3.86. The number of unbranched alkanes of at least 4 members (excludes halogenated alkanes) is 2. The molecule has 0 radical (unpaired) electrons. The molecule has 1 saturated heterocycles. The molecule has 0 spiro atoms. The molecule has 1 fully saturated rings. The lowest BCUT2D eigenvalue weighted by Gasteiger charge is -2.28. The number of morpholine rings is 1. The highest BCUT2D eigenvalue weighted by Gasteiger charge is 2.12. The molecule has 0 saturated carbocycles. The van der Waals surface area contributed by atoms with Crippen molar-refractivity contribution >= 4 is 17.6 Å². The minimum atomic E-state index is -0.769. The molecule has 126 valence electrons. The first kappa shape index (κ1) is 17.3. The van der Waals surface area contributed by atoms with Gasteiger partial charge in [-0.3, -0.25) is 9.59 Å². The fourth-order valence-corrected chi connectivity index (χ4v) is 2.53. The van der Waals surface area contributed by atoms with Gasteiger partial charge in [-0.2, -0.15) is 0 Å². The van der Waals surface area contributed by atoms with Crippen molar-refractivity contribution in [1.82, 2.24) is 5.32 Å². The van der Waals surface area contributed by atoms with Crippen molar-refractivity contribution in [2.45, 2.75) is 25.7 Å². The Hall–Kier alpha value is -2.08. The van der Waals surface area contributed by atoms with E-state index in [1.54, 1.807) is 0 Å². The Labute approximate surface area is 136 Å². The average molecular weight is 320 g/mol. The van der Waals surface area contributed by atoms with Crippen LogP contribution in [0.3, 0.4) is 0 Å². The standard InChI is InChI=1S/C17H24N2O4/c20-16(21)4-2-1-3-9-18-17(22)14-5-7-15(8-6-14)19-10-12-23-13-11-19/h5-8H,1-4,9-13H2,(H,18,22)(H,20,21). The van der Waals surface area contributed by atoms with Gasteiger partial charge < -0.3 is 20.1 Å². The Bertz CT molecular complexity index is 510. The molecule has 1 aromatic rings. The van der Waals surface area contributed by atoms with Crippen molar-refractivity contribution < 1.29 is 19.4 Å². The number of rotatable bonds is 8. The molecule has 23 heavy (non-hydrogen) atoms. The van der Waals surface area contributed by atoms with Crippen LogP contribution < -0.4 is 10.2 Å². The van der Waals surface area contributed by atoms with Crippen LogP contribution in [0.2, 0.25) is 0 Å². The normalized spacial score (nSPS) is 14.5. The maximum Gasteiger partial charge on any atom is 0.303 e. The van der Waals surface area contributed by atoms with Gasteiger partial charge >= 0.3 is 5.97 Å². The van der Waals surface area contributed by atoms with E-state index in [1.807, 2.05) is 24.3 Å². The van der Waals surface area contributed by atoms with E-state index in [0.717, 1.165) is 44.8 Å². The predicted octanol–water partition coefficient (Wildman–Crippen LogP) is 1.90. The van der Waals surface area contributed by atoms with Gasteiger partial charge in [-0.25, -0.2) is 0 Å². The van der Waals surface area contributed by atoms with E-state index in [4.69, 9.17) is 9.84 Å². The van der Waals surface area contributed by atoms with Crippen molar-refractivity contribution in [1.29, 1.82) is 0 Å². The van der Waals surface area contributed by atoms with Gasteiger partial charge in [0.25, 0.3) is 5.91 Å². The lowest BCUT2D eigenvalue weighted by atomic mass is 10.1. The van der Waals surface area contributed by atoms with Crippen LogP contribution in [-0.4, -0.2) is 49.8 Å². The number of carbonyl (C=O) groups excluding carboxylic acids is 1. The summed E-state index contributed by atoms with van der Waals surface area (Å²) >= 11 is 0. The molecule has 1 aromatic carbocycles. The van der Waals surface area contributed by atoms with Crippen LogP contribution >= 0.6 is 0 Å². The molecule has 1 heterocycles. The molecule has 1 aliphatic heterocycles. The van der Waals surface area contributed by atoms with E-state index in [2.05, 4.69) is 10.2 Å². The largest absolute Gasteiger partial charge is 0.481 e. The predicted molar refractivity (Wildman–Crippen MR) is 87.9 cm³/mol. The molecule has 1 aliphatic rings. The second-order valence-corrected chi connectivity index (χ2v) is 5.61. The molecular formula is C17H24N2O4. The third kappa shape index (κ3) is 5.90. The number of aliphatic carboxylic acids is 1. The topological polar surface area (TPSA) is 78.9 Å². The number of hydrogen-bond donors (Lipinski definition) is 2. The van der Waals surface area contributed by atoms with Gasteiger partial charge in [0, 0.05) is 37.3 Å². The summed E-state index contributed by atoms with van der Waals surface area (Å²) < 4.78 is 5.33. The van der Waals surface area contributed by atoms with Gasteiger partial charge in [-0.15, -0.1) is 0 Å². The number of carboxylic acid groups (broad SMARTS) is 1. The Morgan fingerprint density at radius 3 is 2.43 bits per heavy atom. The zero-order valence-corrected chi connectivity index (χ0v) is 13.3. The average Bonchev–Trinajstić information content (AvgIpc) is 2.58. The number of carbonyl (C=O) groups is 2. The van der Waals surface area contributed by atoms with E-state index in [9.17, 15) is 9.59 Å². The van der Waals surface area contributed by atoms with Gasteiger partial charge in [0.15, 0.2) is 0 Å². The first-order chi connectivity index (χ1) is 11.2. The Balaban J connectivity index is 1.71. The minimum absolute atomic E-state index is 0.0863. The lowest BCUT2D eigenvalue weighted by Crippen LogP contribution is -2.36. The van der Waals surface area contributed by atoms with Crippen LogP contribution in [-0.2, 0) is 9.53 Å². The van der Waals surface area contributed by atoms with Crippen molar-refractivity contribution in [2.24, 2.45) is 0 Å². The molecule has 0 bridgehead atoms. The number of carboxylic acids is 1. The Morgan fingerprint density at radius 1 is 1.09 bits per heavy atom. The van der Waals surface area contributed by atoms with Crippen LogP contribution in [0.25, 0.3) is 0 Å². The summed E-state index contributed by atoms with van der Waals surface area (Å²) in [6.07, 6.45) is 2.45. The number of anilines is 1. The molecule has 0 atom stereocenters. The monoisotopic (exact) mass is 320 g/mol. The second kappa shape index (κ2) is 9.15. The highest BCUT2D eigenvalue weighted by molar-refractivity contribution is 5.94. The third-order valence-electron chi connectivity index (χ3n) is 3.86. The van der Waals surface area contributed by atoms with Crippen LogP contribution in [0, 0.1) is 0 Å². The molecule has 2 N–H and O–H groups in total. The smallest absolute Gasteiger partial charge is 0.303 e. The van der Waals surface area contributed by atoms with Gasteiger partial charge in [-0.05, 0) is 37.1 Å². The summed E-state index contributed by atoms with van der Waals surface area (Å²) in [5.41, 5.74) is 1.76. The van der Waals surface area contributed by atoms with Crippen LogP contribution in [0.15, 0.2) is 24.3 Å². The fourth-order valence-electron chi connectivity index (χ4n) is 2.53. The van der Waals surface area contributed by atoms with Crippen LogP contribution in [0.5, 0.6) is 0 Å². The van der Waals surface area contributed by atoms with Crippen molar-refractivity contribution in [3.63, 3.8) is 0 Å². The van der Waals surface area contributed by atoms with Crippen molar-refractivity contribution in [2.75, 3.05) is 37.7 Å². The number of hydrogen-bond acceptors (Lipinski definition) is 4. The molecular weight excluding hydrogens is 296 g/mol. The summed E-state index contributed by atoms with van der Waals surface area (Å²) in [6, 6.07) is 7.61. The highest BCUT2D eigenvalue weighted by atomic mass is 16.5. The molecule has 0 aromatic heterocycles. The maximum atomic E-state index is 12.0. The maximum absolute atomic E-state index is 12.0. The van der Waals surface area contributed by atoms with Gasteiger partial charge in [-0.1, -0.05) is 6.42 Å². The number of benzene rings is 1. The minimum Gasteiger partial charge on any atom is -0.481 e. The van der Waals surface area contributed by atoms with Crippen molar-refractivity contribution in [3.05, 3.63) is 29.8 Å². The second-order valence-electron chi connectivity index (χ2n) is 5.61.